The maximum atomic E-state index is 10.4. The second-order valence-corrected chi connectivity index (χ2v) is 3.25. The van der Waals surface area contributed by atoms with Gasteiger partial charge in [-0.2, -0.15) is 10.2 Å². The third kappa shape index (κ3) is 9.34. The van der Waals surface area contributed by atoms with Gasteiger partial charge in [0.05, 0.1) is 6.54 Å². The lowest BCUT2D eigenvalue weighted by molar-refractivity contribution is -0.138. The quantitative estimate of drug-likeness (QED) is 0.474. The van der Waals surface area contributed by atoms with Crippen LogP contribution in [-0.2, 0) is 9.53 Å². The molecule has 0 aliphatic heterocycles. The summed E-state index contributed by atoms with van der Waals surface area (Å²) in [6.07, 6.45) is 3.00. The monoisotopic (exact) mass is 216 g/mol. The van der Waals surface area contributed by atoms with Crippen LogP contribution in [0.2, 0.25) is 0 Å². The summed E-state index contributed by atoms with van der Waals surface area (Å²) in [5.74, 6) is -0.935. The summed E-state index contributed by atoms with van der Waals surface area (Å²) in [6.45, 7) is 5.64. The Morgan fingerprint density at radius 1 is 1.40 bits per heavy atom. The number of azo groups is 1. The van der Waals surface area contributed by atoms with Crippen LogP contribution in [-0.4, -0.2) is 36.9 Å². The Labute approximate surface area is 90.5 Å². The molecule has 1 N–H and O–H groups in total. The Morgan fingerprint density at radius 2 is 2.13 bits per heavy atom. The Balaban J connectivity index is 3.27. The Bertz CT molecular complexity index is 195. The molecule has 5 heteroatoms. The summed E-state index contributed by atoms with van der Waals surface area (Å²) in [7, 11) is 0. The van der Waals surface area contributed by atoms with Crippen LogP contribution in [0, 0.1) is 0 Å². The molecule has 0 saturated carbocycles. The van der Waals surface area contributed by atoms with E-state index in [9.17, 15) is 4.79 Å². The molecule has 0 aromatic heterocycles. The van der Waals surface area contributed by atoms with E-state index in [1.165, 1.54) is 6.92 Å². The van der Waals surface area contributed by atoms with Crippen molar-refractivity contribution < 1.29 is 14.6 Å². The van der Waals surface area contributed by atoms with Gasteiger partial charge in [0.1, 0.15) is 0 Å². The first-order valence-electron chi connectivity index (χ1n) is 5.35. The zero-order valence-electron chi connectivity index (χ0n) is 9.48. The van der Waals surface area contributed by atoms with Crippen LogP contribution in [0.15, 0.2) is 10.2 Å². The molecule has 0 radical (unpaired) electrons. The van der Waals surface area contributed by atoms with E-state index in [2.05, 4.69) is 10.2 Å². The second-order valence-electron chi connectivity index (χ2n) is 3.25. The van der Waals surface area contributed by atoms with E-state index in [1.807, 2.05) is 6.92 Å². The number of hydrogen-bond donors (Lipinski definition) is 1. The molecular weight excluding hydrogens is 196 g/mol. The molecule has 0 rings (SSSR count). The molecule has 0 amide bonds. The van der Waals surface area contributed by atoms with Gasteiger partial charge in [-0.05, 0) is 33.1 Å². The first-order chi connectivity index (χ1) is 7.18. The van der Waals surface area contributed by atoms with Crippen LogP contribution in [0.3, 0.4) is 0 Å². The van der Waals surface area contributed by atoms with Crippen molar-refractivity contribution in [1.29, 1.82) is 0 Å². The van der Waals surface area contributed by atoms with Crippen molar-refractivity contribution in [3.05, 3.63) is 0 Å². The normalized spacial score (nSPS) is 13.2. The molecule has 0 aromatic rings. The minimum atomic E-state index is -0.935. The van der Waals surface area contributed by atoms with Gasteiger partial charge in [-0.15, -0.1) is 0 Å². The summed E-state index contributed by atoms with van der Waals surface area (Å²) in [5, 5.41) is 16.0. The van der Waals surface area contributed by atoms with Crippen molar-refractivity contribution >= 4 is 5.97 Å². The van der Waals surface area contributed by atoms with E-state index in [4.69, 9.17) is 9.84 Å². The van der Waals surface area contributed by atoms with E-state index < -0.39 is 12.0 Å². The average Bonchev–Trinajstić information content (AvgIpc) is 2.21. The minimum Gasteiger partial charge on any atom is -0.480 e. The Hall–Kier alpha value is -0.970. The summed E-state index contributed by atoms with van der Waals surface area (Å²) in [5.41, 5.74) is 0. The molecule has 0 aromatic carbocycles. The van der Waals surface area contributed by atoms with Crippen LogP contribution in [0.5, 0.6) is 0 Å². The highest BCUT2D eigenvalue weighted by Gasteiger charge is 2.07. The topological polar surface area (TPSA) is 71.2 Å². The summed E-state index contributed by atoms with van der Waals surface area (Å²) in [6, 6.07) is -0.728. The molecule has 1 unspecified atom stereocenters. The third-order valence-corrected chi connectivity index (χ3v) is 1.86. The smallest absolute Gasteiger partial charge is 0.330 e. The first kappa shape index (κ1) is 14.0. The van der Waals surface area contributed by atoms with Gasteiger partial charge in [-0.1, -0.05) is 0 Å². The standard InChI is InChI=1S/C10H20N2O3/c1-3-15-8-6-4-5-7-11-12-9(2)10(13)14/h9H,3-8H2,1-2H3,(H,13,14). The fourth-order valence-corrected chi connectivity index (χ4v) is 0.937. The fourth-order valence-electron chi connectivity index (χ4n) is 0.937. The highest BCUT2D eigenvalue weighted by atomic mass is 16.5. The van der Waals surface area contributed by atoms with E-state index >= 15 is 0 Å². The average molecular weight is 216 g/mol. The number of aliphatic carboxylic acids is 1. The van der Waals surface area contributed by atoms with E-state index in [1.54, 1.807) is 0 Å². The highest BCUT2D eigenvalue weighted by Crippen LogP contribution is 1.98. The fraction of sp³-hybridized carbons (Fsp3) is 0.900. The molecule has 0 fully saturated rings. The second kappa shape index (κ2) is 9.58. The summed E-state index contributed by atoms with van der Waals surface area (Å²) in [4.78, 5) is 10.4. The van der Waals surface area contributed by atoms with Gasteiger partial charge >= 0.3 is 5.97 Å². The van der Waals surface area contributed by atoms with Crippen molar-refractivity contribution in [3.63, 3.8) is 0 Å². The van der Waals surface area contributed by atoms with Gasteiger partial charge in [0.2, 0.25) is 0 Å². The van der Waals surface area contributed by atoms with Crippen LogP contribution >= 0.6 is 0 Å². The molecule has 0 spiro atoms. The van der Waals surface area contributed by atoms with Crippen molar-refractivity contribution in [2.75, 3.05) is 19.8 Å². The van der Waals surface area contributed by atoms with Crippen LogP contribution in [0.25, 0.3) is 0 Å². The number of unbranched alkanes of at least 4 members (excludes halogenated alkanes) is 2. The summed E-state index contributed by atoms with van der Waals surface area (Å²) < 4.78 is 5.18. The lowest BCUT2D eigenvalue weighted by Crippen LogP contribution is -2.12. The predicted molar refractivity (Wildman–Crippen MR) is 57.2 cm³/mol. The van der Waals surface area contributed by atoms with Gasteiger partial charge in [-0.3, -0.25) is 0 Å². The molecule has 0 bridgehead atoms. The number of carboxylic acids is 1. The third-order valence-electron chi connectivity index (χ3n) is 1.86. The molecule has 15 heavy (non-hydrogen) atoms. The van der Waals surface area contributed by atoms with E-state index in [0.717, 1.165) is 32.5 Å². The molecule has 5 nitrogen and oxygen atoms in total. The van der Waals surface area contributed by atoms with Crippen LogP contribution in [0.1, 0.15) is 33.1 Å². The van der Waals surface area contributed by atoms with Crippen molar-refractivity contribution in [3.8, 4) is 0 Å². The first-order valence-corrected chi connectivity index (χ1v) is 5.35. The zero-order valence-corrected chi connectivity index (χ0v) is 9.48. The number of ether oxygens (including phenoxy) is 1. The van der Waals surface area contributed by atoms with Crippen LogP contribution in [0.4, 0.5) is 0 Å². The molecule has 0 saturated heterocycles. The highest BCUT2D eigenvalue weighted by molar-refractivity contribution is 5.72. The SMILES string of the molecule is CCOCCCCCN=NC(C)C(=O)O. The van der Waals surface area contributed by atoms with Gasteiger partial charge in [0.15, 0.2) is 6.04 Å². The van der Waals surface area contributed by atoms with Gasteiger partial charge in [0, 0.05) is 13.2 Å². The van der Waals surface area contributed by atoms with Crippen molar-refractivity contribution in [1.82, 2.24) is 0 Å². The Morgan fingerprint density at radius 3 is 2.73 bits per heavy atom. The predicted octanol–water partition coefficient (Wildman–Crippen LogP) is 2.12. The van der Waals surface area contributed by atoms with Gasteiger partial charge < -0.3 is 9.84 Å². The minimum absolute atomic E-state index is 0.601. The van der Waals surface area contributed by atoms with Gasteiger partial charge in [-0.25, -0.2) is 4.79 Å². The molecule has 0 aliphatic carbocycles. The lowest BCUT2D eigenvalue weighted by Gasteiger charge is -1.99. The maximum Gasteiger partial charge on any atom is 0.330 e. The molecule has 0 heterocycles. The molecule has 88 valence electrons. The number of carboxylic acid groups (broad SMARTS) is 1. The van der Waals surface area contributed by atoms with Crippen LogP contribution < -0.4 is 0 Å². The maximum absolute atomic E-state index is 10.4. The lowest BCUT2D eigenvalue weighted by atomic mass is 10.2. The number of nitrogens with zero attached hydrogens (tertiary/aromatic N) is 2. The zero-order chi connectivity index (χ0) is 11.5. The Kier molecular flexibility index (Phi) is 8.96. The molecule has 1 atom stereocenters. The molecular formula is C10H20N2O3. The van der Waals surface area contributed by atoms with Crippen molar-refractivity contribution in [2.24, 2.45) is 10.2 Å². The number of carbonyl (C=O) groups is 1. The van der Waals surface area contributed by atoms with E-state index in [0.29, 0.717) is 6.54 Å². The largest absolute Gasteiger partial charge is 0.480 e. The van der Waals surface area contributed by atoms with Gasteiger partial charge in [0.25, 0.3) is 0 Å². The molecule has 0 aliphatic rings. The number of hydrogen-bond acceptors (Lipinski definition) is 4. The summed E-state index contributed by atoms with van der Waals surface area (Å²) >= 11 is 0. The van der Waals surface area contributed by atoms with E-state index in [-0.39, 0.29) is 0 Å². The van der Waals surface area contributed by atoms with Crippen molar-refractivity contribution in [2.45, 2.75) is 39.2 Å². The number of rotatable bonds is 9.